The Hall–Kier alpha value is -1.84. The molecule has 0 saturated heterocycles. The average Bonchev–Trinajstić information content (AvgIpc) is 2.71. The highest BCUT2D eigenvalue weighted by molar-refractivity contribution is 5.59. The third kappa shape index (κ3) is 1.51. The molecule has 0 atom stereocenters. The number of methoxy groups -OCH3 is 1. The third-order valence-electron chi connectivity index (χ3n) is 1.78. The van der Waals surface area contributed by atoms with Gasteiger partial charge in [0.15, 0.2) is 0 Å². The van der Waals surface area contributed by atoms with Crippen molar-refractivity contribution in [3.63, 3.8) is 0 Å². The smallest absolute Gasteiger partial charge is 0.119 e. The lowest BCUT2D eigenvalue weighted by atomic mass is 10.1. The van der Waals surface area contributed by atoms with Crippen LogP contribution in [0.3, 0.4) is 0 Å². The molecule has 66 valence electrons. The Morgan fingerprint density at radius 3 is 3.00 bits per heavy atom. The van der Waals surface area contributed by atoms with Crippen LogP contribution < -0.4 is 4.74 Å². The SMILES string of the molecule is COc1cccc(-c2c[nH]nn2)c1. The predicted octanol–water partition coefficient (Wildman–Crippen LogP) is 1.48. The molecule has 0 radical (unpaired) electrons. The lowest BCUT2D eigenvalue weighted by molar-refractivity contribution is 0.415. The van der Waals surface area contributed by atoms with Gasteiger partial charge in [0, 0.05) is 11.8 Å². The Morgan fingerprint density at radius 1 is 1.38 bits per heavy atom. The largest absolute Gasteiger partial charge is 0.497 e. The first-order valence-electron chi connectivity index (χ1n) is 3.91. The summed E-state index contributed by atoms with van der Waals surface area (Å²) in [6.07, 6.45) is 1.74. The Bertz CT molecular complexity index is 384. The topological polar surface area (TPSA) is 50.8 Å². The normalized spacial score (nSPS) is 9.92. The number of ether oxygens (including phenoxy) is 1. The second-order valence-corrected chi connectivity index (χ2v) is 2.59. The summed E-state index contributed by atoms with van der Waals surface area (Å²) in [7, 11) is 1.64. The van der Waals surface area contributed by atoms with Crippen LogP contribution in [0.5, 0.6) is 5.75 Å². The molecule has 1 N–H and O–H groups in total. The maximum Gasteiger partial charge on any atom is 0.119 e. The molecule has 1 aromatic carbocycles. The van der Waals surface area contributed by atoms with E-state index >= 15 is 0 Å². The number of rotatable bonds is 2. The van der Waals surface area contributed by atoms with E-state index in [2.05, 4.69) is 15.4 Å². The van der Waals surface area contributed by atoms with Gasteiger partial charge in [-0.05, 0) is 12.1 Å². The van der Waals surface area contributed by atoms with Crippen molar-refractivity contribution in [1.82, 2.24) is 15.4 Å². The molecule has 0 amide bonds. The number of aromatic amines is 1. The second kappa shape index (κ2) is 3.26. The zero-order valence-electron chi connectivity index (χ0n) is 7.19. The van der Waals surface area contributed by atoms with E-state index in [0.29, 0.717) is 0 Å². The molecule has 13 heavy (non-hydrogen) atoms. The van der Waals surface area contributed by atoms with E-state index in [1.54, 1.807) is 13.3 Å². The third-order valence-corrected chi connectivity index (χ3v) is 1.78. The van der Waals surface area contributed by atoms with Crippen LogP contribution in [-0.4, -0.2) is 22.5 Å². The fraction of sp³-hybridized carbons (Fsp3) is 0.111. The number of aromatic nitrogens is 3. The van der Waals surface area contributed by atoms with Crippen molar-refractivity contribution in [3.05, 3.63) is 30.5 Å². The summed E-state index contributed by atoms with van der Waals surface area (Å²) in [6.45, 7) is 0. The summed E-state index contributed by atoms with van der Waals surface area (Å²) in [6, 6.07) is 7.69. The summed E-state index contributed by atoms with van der Waals surface area (Å²) < 4.78 is 5.09. The highest BCUT2D eigenvalue weighted by atomic mass is 16.5. The van der Waals surface area contributed by atoms with Crippen LogP contribution in [0.4, 0.5) is 0 Å². The van der Waals surface area contributed by atoms with Crippen LogP contribution in [0.15, 0.2) is 30.5 Å². The molecule has 2 rings (SSSR count). The highest BCUT2D eigenvalue weighted by Gasteiger charge is 2.00. The number of hydrogen-bond acceptors (Lipinski definition) is 3. The number of nitrogens with zero attached hydrogens (tertiary/aromatic N) is 2. The van der Waals surface area contributed by atoms with Crippen LogP contribution in [0.25, 0.3) is 11.3 Å². The molecule has 4 nitrogen and oxygen atoms in total. The first kappa shape index (κ1) is 7.79. The average molecular weight is 175 g/mol. The standard InChI is InChI=1S/C9H9N3O/c1-13-8-4-2-3-7(5-8)9-6-10-12-11-9/h2-6H,1H3,(H,10,11,12). The van der Waals surface area contributed by atoms with Gasteiger partial charge in [0.05, 0.1) is 7.11 Å². The molecular formula is C9H9N3O. The summed E-state index contributed by atoms with van der Waals surface area (Å²) in [5.41, 5.74) is 1.81. The minimum absolute atomic E-state index is 0.818. The van der Waals surface area contributed by atoms with Crippen molar-refractivity contribution in [2.24, 2.45) is 0 Å². The highest BCUT2D eigenvalue weighted by Crippen LogP contribution is 2.20. The van der Waals surface area contributed by atoms with Gasteiger partial charge in [-0.15, -0.1) is 5.10 Å². The van der Waals surface area contributed by atoms with Crippen LogP contribution in [0.2, 0.25) is 0 Å². The fourth-order valence-electron chi connectivity index (χ4n) is 1.13. The molecule has 1 heterocycles. The summed E-state index contributed by atoms with van der Waals surface area (Å²) >= 11 is 0. The Kier molecular flexibility index (Phi) is 1.96. The van der Waals surface area contributed by atoms with Gasteiger partial charge in [-0.3, -0.25) is 5.10 Å². The van der Waals surface area contributed by atoms with E-state index in [0.717, 1.165) is 17.0 Å². The van der Waals surface area contributed by atoms with Crippen molar-refractivity contribution >= 4 is 0 Å². The summed E-state index contributed by atoms with van der Waals surface area (Å²) in [5.74, 6) is 0.820. The van der Waals surface area contributed by atoms with Crippen molar-refractivity contribution in [2.75, 3.05) is 7.11 Å². The molecule has 0 bridgehead atoms. The van der Waals surface area contributed by atoms with Crippen LogP contribution in [0, 0.1) is 0 Å². The Morgan fingerprint density at radius 2 is 2.31 bits per heavy atom. The molecule has 0 aliphatic carbocycles. The second-order valence-electron chi connectivity index (χ2n) is 2.59. The van der Waals surface area contributed by atoms with Crippen LogP contribution in [-0.2, 0) is 0 Å². The maximum absolute atomic E-state index is 5.09. The number of hydrogen-bond donors (Lipinski definition) is 1. The molecule has 0 spiro atoms. The van der Waals surface area contributed by atoms with Crippen LogP contribution >= 0.6 is 0 Å². The Labute approximate surface area is 75.6 Å². The van der Waals surface area contributed by atoms with Gasteiger partial charge in [-0.2, -0.15) is 0 Å². The molecule has 0 fully saturated rings. The lowest BCUT2D eigenvalue weighted by Crippen LogP contribution is -1.83. The zero-order valence-corrected chi connectivity index (χ0v) is 7.19. The van der Waals surface area contributed by atoms with Crippen molar-refractivity contribution in [3.8, 4) is 17.0 Å². The predicted molar refractivity (Wildman–Crippen MR) is 48.4 cm³/mol. The zero-order chi connectivity index (χ0) is 9.10. The van der Waals surface area contributed by atoms with Crippen LogP contribution in [0.1, 0.15) is 0 Å². The van der Waals surface area contributed by atoms with Crippen molar-refractivity contribution in [1.29, 1.82) is 0 Å². The first-order chi connectivity index (χ1) is 6.40. The maximum atomic E-state index is 5.09. The fourth-order valence-corrected chi connectivity index (χ4v) is 1.13. The van der Waals surface area contributed by atoms with E-state index in [1.165, 1.54) is 0 Å². The van der Waals surface area contributed by atoms with E-state index in [4.69, 9.17) is 4.74 Å². The Balaban J connectivity index is 2.41. The summed E-state index contributed by atoms with van der Waals surface area (Å²) in [5, 5.41) is 10.2. The van der Waals surface area contributed by atoms with Gasteiger partial charge in [0.2, 0.25) is 0 Å². The van der Waals surface area contributed by atoms with Gasteiger partial charge in [0.25, 0.3) is 0 Å². The van der Waals surface area contributed by atoms with E-state index in [1.807, 2.05) is 24.3 Å². The monoisotopic (exact) mass is 175 g/mol. The molecule has 0 saturated carbocycles. The van der Waals surface area contributed by atoms with Gasteiger partial charge in [-0.25, -0.2) is 0 Å². The molecule has 2 aromatic rings. The van der Waals surface area contributed by atoms with Crippen molar-refractivity contribution in [2.45, 2.75) is 0 Å². The van der Waals surface area contributed by atoms with Gasteiger partial charge in [0.1, 0.15) is 11.4 Å². The number of nitrogens with one attached hydrogen (secondary N) is 1. The lowest BCUT2D eigenvalue weighted by Gasteiger charge is -2.00. The van der Waals surface area contributed by atoms with Gasteiger partial charge < -0.3 is 4.74 Å². The minimum Gasteiger partial charge on any atom is -0.497 e. The van der Waals surface area contributed by atoms with Gasteiger partial charge in [-0.1, -0.05) is 17.3 Å². The number of H-pyrrole nitrogens is 1. The van der Waals surface area contributed by atoms with Crippen molar-refractivity contribution < 1.29 is 4.74 Å². The molecule has 0 aliphatic rings. The quantitative estimate of drug-likeness (QED) is 0.752. The summed E-state index contributed by atoms with van der Waals surface area (Å²) in [4.78, 5) is 0. The molecule has 0 aliphatic heterocycles. The van der Waals surface area contributed by atoms with E-state index in [9.17, 15) is 0 Å². The first-order valence-corrected chi connectivity index (χ1v) is 3.91. The minimum atomic E-state index is 0.818. The van der Waals surface area contributed by atoms with Gasteiger partial charge >= 0.3 is 0 Å². The molecule has 4 heteroatoms. The molecule has 1 aromatic heterocycles. The van der Waals surface area contributed by atoms with E-state index in [-0.39, 0.29) is 0 Å². The van der Waals surface area contributed by atoms with E-state index < -0.39 is 0 Å². The number of benzene rings is 1. The molecular weight excluding hydrogens is 166 g/mol. The molecule has 0 unspecified atom stereocenters.